The van der Waals surface area contributed by atoms with Crippen molar-refractivity contribution in [3.63, 3.8) is 0 Å². The third-order valence-corrected chi connectivity index (χ3v) is 2.04. The third kappa shape index (κ3) is 3.42. The molecule has 0 heterocycles. The molecule has 0 spiro atoms. The van der Waals surface area contributed by atoms with Crippen LogP contribution in [0.15, 0.2) is 0 Å². The number of rotatable bonds is 3. The Morgan fingerprint density at radius 2 is 2.08 bits per heavy atom. The highest BCUT2D eigenvalue weighted by atomic mass is 16.2. The number of carbonyl (C=O) groups is 2. The van der Waals surface area contributed by atoms with Gasteiger partial charge in [-0.3, -0.25) is 15.0 Å². The molecule has 0 aromatic carbocycles. The number of hydrogen-bond donors (Lipinski definition) is 2. The van der Waals surface area contributed by atoms with Crippen LogP contribution in [0.4, 0.5) is 4.79 Å². The van der Waals surface area contributed by atoms with Gasteiger partial charge >= 0.3 is 6.03 Å². The van der Waals surface area contributed by atoms with E-state index in [9.17, 15) is 9.59 Å². The predicted molar refractivity (Wildman–Crippen MR) is 48.3 cm³/mol. The number of carbonyl (C=O) groups excluding carboxylic acids is 2. The summed E-state index contributed by atoms with van der Waals surface area (Å²) in [6.07, 6.45) is 2.31. The summed E-state index contributed by atoms with van der Waals surface area (Å²) in [5.74, 6) is -0.256. The Labute approximate surface area is 77.5 Å². The molecule has 0 aromatic heterocycles. The Balaban J connectivity index is 2.19. The van der Waals surface area contributed by atoms with Gasteiger partial charge in [-0.15, -0.1) is 0 Å². The molecule has 1 rings (SSSR count). The van der Waals surface area contributed by atoms with Crippen LogP contribution >= 0.6 is 0 Å². The average Bonchev–Trinajstić information content (AvgIpc) is 2.85. The second-order valence-electron chi connectivity index (χ2n) is 3.27. The average molecular weight is 185 g/mol. The molecule has 74 valence electrons. The molecule has 3 amide bonds. The number of amides is 3. The molecule has 13 heavy (non-hydrogen) atoms. The molecule has 5 nitrogen and oxygen atoms in total. The fraction of sp³-hybridized carbons (Fsp3) is 0.750. The van der Waals surface area contributed by atoms with Crippen LogP contribution in [0, 0.1) is 0 Å². The van der Waals surface area contributed by atoms with Crippen LogP contribution in [0.2, 0.25) is 0 Å². The minimum Gasteiger partial charge on any atom is -0.341 e. The van der Waals surface area contributed by atoms with Gasteiger partial charge in [0.15, 0.2) is 0 Å². The number of imide groups is 1. The molecule has 0 saturated heterocycles. The van der Waals surface area contributed by atoms with Crippen LogP contribution in [0.25, 0.3) is 0 Å². The van der Waals surface area contributed by atoms with E-state index < -0.39 is 6.03 Å². The summed E-state index contributed by atoms with van der Waals surface area (Å²) in [6, 6.07) is 0.0876. The molecule has 1 aliphatic carbocycles. The Kier molecular flexibility index (Phi) is 3.25. The van der Waals surface area contributed by atoms with Crippen molar-refractivity contribution in [1.82, 2.24) is 15.5 Å². The van der Waals surface area contributed by atoms with Gasteiger partial charge in [-0.05, 0) is 19.9 Å². The van der Waals surface area contributed by atoms with E-state index in [4.69, 9.17) is 0 Å². The van der Waals surface area contributed by atoms with Crippen molar-refractivity contribution in [3.05, 3.63) is 0 Å². The summed E-state index contributed by atoms with van der Waals surface area (Å²) in [5, 5.41) is 4.54. The van der Waals surface area contributed by atoms with Gasteiger partial charge < -0.3 is 5.32 Å². The van der Waals surface area contributed by atoms with Gasteiger partial charge in [-0.25, -0.2) is 4.79 Å². The molecule has 5 heteroatoms. The van der Waals surface area contributed by atoms with E-state index in [2.05, 4.69) is 10.6 Å². The highest BCUT2D eigenvalue weighted by Crippen LogP contribution is 2.24. The summed E-state index contributed by atoms with van der Waals surface area (Å²) in [4.78, 5) is 23.8. The van der Waals surface area contributed by atoms with Crippen molar-refractivity contribution in [2.45, 2.75) is 18.9 Å². The second kappa shape index (κ2) is 4.23. The second-order valence-corrected chi connectivity index (χ2v) is 3.27. The number of nitrogens with one attached hydrogen (secondary N) is 2. The fourth-order valence-corrected chi connectivity index (χ4v) is 1.10. The third-order valence-electron chi connectivity index (χ3n) is 2.04. The van der Waals surface area contributed by atoms with Gasteiger partial charge in [-0.2, -0.15) is 0 Å². The molecule has 0 unspecified atom stereocenters. The highest BCUT2D eigenvalue weighted by Gasteiger charge is 2.27. The summed E-state index contributed by atoms with van der Waals surface area (Å²) in [5.41, 5.74) is 0. The number of likely N-dealkylation sites (N-methyl/N-ethyl adjacent to an activating group) is 1. The quantitative estimate of drug-likeness (QED) is 0.625. The lowest BCUT2D eigenvalue weighted by Gasteiger charge is -2.14. The Bertz CT molecular complexity index is 213. The largest absolute Gasteiger partial charge is 0.341 e. The van der Waals surface area contributed by atoms with E-state index in [1.54, 1.807) is 0 Å². The zero-order valence-electron chi connectivity index (χ0n) is 7.96. The van der Waals surface area contributed by atoms with Crippen molar-refractivity contribution in [2.24, 2.45) is 0 Å². The minimum atomic E-state index is -0.450. The van der Waals surface area contributed by atoms with Crippen molar-refractivity contribution < 1.29 is 9.59 Å². The molecule has 1 aliphatic rings. The van der Waals surface area contributed by atoms with Crippen LogP contribution in [-0.2, 0) is 4.79 Å². The summed E-state index contributed by atoms with van der Waals surface area (Å²) in [7, 11) is 3.37. The highest BCUT2D eigenvalue weighted by molar-refractivity contribution is 5.95. The van der Waals surface area contributed by atoms with E-state index >= 15 is 0 Å². The first-order valence-corrected chi connectivity index (χ1v) is 4.35. The first-order chi connectivity index (χ1) is 6.13. The van der Waals surface area contributed by atoms with Gasteiger partial charge in [0.05, 0.1) is 6.54 Å². The smallest absolute Gasteiger partial charge is 0.321 e. The molecule has 1 saturated carbocycles. The zero-order valence-corrected chi connectivity index (χ0v) is 7.96. The zero-order chi connectivity index (χ0) is 9.84. The van der Waals surface area contributed by atoms with E-state index in [1.807, 2.05) is 11.9 Å². The summed E-state index contributed by atoms with van der Waals surface area (Å²) in [6.45, 7) is 0.290. The molecular weight excluding hydrogens is 170 g/mol. The van der Waals surface area contributed by atoms with Gasteiger partial charge in [0.25, 0.3) is 0 Å². The fourth-order valence-electron chi connectivity index (χ4n) is 1.10. The Hall–Kier alpha value is -1.10. The molecule has 0 atom stereocenters. The monoisotopic (exact) mass is 185 g/mol. The Morgan fingerprint density at radius 1 is 1.46 bits per heavy atom. The maximum absolute atomic E-state index is 11.1. The van der Waals surface area contributed by atoms with E-state index in [-0.39, 0.29) is 12.5 Å². The predicted octanol–water partition coefficient (Wildman–Crippen LogP) is -0.464. The maximum Gasteiger partial charge on any atom is 0.321 e. The minimum absolute atomic E-state index is 0.256. The number of nitrogens with zero attached hydrogens (tertiary/aromatic N) is 1. The molecule has 0 radical (unpaired) electrons. The first-order valence-electron chi connectivity index (χ1n) is 4.35. The van der Waals surface area contributed by atoms with Gasteiger partial charge in [0, 0.05) is 13.1 Å². The summed E-state index contributed by atoms with van der Waals surface area (Å²) < 4.78 is 0. The molecule has 0 bridgehead atoms. The van der Waals surface area contributed by atoms with Gasteiger partial charge in [0.1, 0.15) is 0 Å². The van der Waals surface area contributed by atoms with E-state index in [0.29, 0.717) is 6.04 Å². The molecule has 0 aromatic rings. The van der Waals surface area contributed by atoms with Gasteiger partial charge in [0.2, 0.25) is 5.91 Å². The van der Waals surface area contributed by atoms with Crippen molar-refractivity contribution >= 4 is 11.9 Å². The van der Waals surface area contributed by atoms with Crippen LogP contribution in [0.1, 0.15) is 12.8 Å². The number of hydrogen-bond acceptors (Lipinski definition) is 3. The van der Waals surface area contributed by atoms with Crippen molar-refractivity contribution in [2.75, 3.05) is 20.6 Å². The van der Waals surface area contributed by atoms with Crippen molar-refractivity contribution in [1.29, 1.82) is 0 Å². The van der Waals surface area contributed by atoms with Crippen LogP contribution in [0.5, 0.6) is 0 Å². The van der Waals surface area contributed by atoms with E-state index in [1.165, 1.54) is 7.05 Å². The lowest BCUT2D eigenvalue weighted by Crippen LogP contribution is -2.43. The normalized spacial score (nSPS) is 15.6. The lowest BCUT2D eigenvalue weighted by atomic mass is 10.5. The molecular formula is C8H15N3O2. The molecule has 0 aliphatic heterocycles. The van der Waals surface area contributed by atoms with E-state index in [0.717, 1.165) is 12.8 Å². The lowest BCUT2D eigenvalue weighted by molar-refractivity contribution is -0.121. The standard InChI is InChI=1S/C8H15N3O2/c1-9-8(13)10-7(12)5-11(2)6-3-4-6/h6H,3-5H2,1-2H3,(H2,9,10,12,13). The maximum atomic E-state index is 11.1. The van der Waals surface area contributed by atoms with Crippen LogP contribution in [0.3, 0.4) is 0 Å². The molecule has 2 N–H and O–H groups in total. The van der Waals surface area contributed by atoms with Crippen LogP contribution in [-0.4, -0.2) is 43.5 Å². The van der Waals surface area contributed by atoms with Crippen LogP contribution < -0.4 is 10.6 Å². The van der Waals surface area contributed by atoms with Crippen molar-refractivity contribution in [3.8, 4) is 0 Å². The molecule has 1 fully saturated rings. The summed E-state index contributed by atoms with van der Waals surface area (Å²) >= 11 is 0. The topological polar surface area (TPSA) is 61.4 Å². The SMILES string of the molecule is CNC(=O)NC(=O)CN(C)C1CC1. The first kappa shape index (κ1) is 9.98. The number of urea groups is 1. The Morgan fingerprint density at radius 3 is 2.54 bits per heavy atom. The van der Waals surface area contributed by atoms with Gasteiger partial charge in [-0.1, -0.05) is 0 Å².